The summed E-state index contributed by atoms with van der Waals surface area (Å²) in [5.41, 5.74) is 9.61. The van der Waals surface area contributed by atoms with Crippen LogP contribution in [0.4, 0.5) is 0 Å². The number of hydrogen-bond acceptors (Lipinski definition) is 14. The number of hydrogen-bond donors (Lipinski definition) is 8. The number of aryl methyl sites for hydroxylation is 1. The molecule has 96 heavy (non-hydrogen) atoms. The lowest BCUT2D eigenvalue weighted by molar-refractivity contribution is -0.150. The lowest BCUT2D eigenvalue weighted by atomic mass is 9.52. The zero-order valence-corrected chi connectivity index (χ0v) is 58.4. The van der Waals surface area contributed by atoms with E-state index in [9.17, 15) is 30.6 Å². The minimum absolute atomic E-state index is 0.00331. The van der Waals surface area contributed by atoms with Crippen molar-refractivity contribution < 1.29 is 44.9 Å². The number of rotatable bonds is 12. The monoisotopic (exact) mass is 1360 g/mol. The quantitative estimate of drug-likeness (QED) is 0.0541. The summed E-state index contributed by atoms with van der Waals surface area (Å²) < 4.78 is 13.2. The molecule has 0 radical (unpaired) electrons. The predicted molar refractivity (Wildman–Crippen MR) is 392 cm³/mol. The van der Waals surface area contributed by atoms with Crippen molar-refractivity contribution in [2.75, 3.05) is 37.5 Å². The highest BCUT2D eigenvalue weighted by Crippen LogP contribution is 2.59. The van der Waals surface area contributed by atoms with Gasteiger partial charge in [0.2, 0.25) is 0 Å². The van der Waals surface area contributed by atoms with Crippen molar-refractivity contribution in [2.24, 2.45) is 35.5 Å². The molecule has 8 aromatic rings. The number of Topliss-reactive ketones (excluding diaryl/α,β-unsaturated/α-hetero) is 1. The summed E-state index contributed by atoms with van der Waals surface area (Å²) in [5, 5.41) is 82.4. The SMILES string of the molecule is CCc1ccc2cccc3c2c1Cc1c(ccc(O)c1OC)CC(Cc1cc[nH]c1)C(O)C1C(=O)C(c2cc(O)cc(C45CCCC(Cc6ccccc6Cc6ccccc6)C4CCCN5)c2)(C2CSSCC4CCCCC4Oc4cc2ccc4O)C(O)CC1CSSC3CO. The Balaban J connectivity index is 0.945. The Bertz CT molecular complexity index is 4030. The number of phenols is 3. The molecule has 13 atom stereocenters. The molecule has 2 bridgehead atoms. The number of benzene rings is 7. The number of H-pyrrole nitrogens is 1. The normalized spacial score (nSPS) is 28.8. The Morgan fingerprint density at radius 3 is 2.32 bits per heavy atom. The van der Waals surface area contributed by atoms with Crippen LogP contribution in [-0.2, 0) is 54.3 Å². The first-order valence-electron chi connectivity index (χ1n) is 35.2. The highest BCUT2D eigenvalue weighted by Gasteiger charge is 2.62. The van der Waals surface area contributed by atoms with E-state index in [2.05, 4.69) is 102 Å². The Labute approximate surface area is 581 Å². The number of carbonyl (C=O) groups excluding carboxylic acids is 1. The summed E-state index contributed by atoms with van der Waals surface area (Å²) in [4.78, 5) is 21.3. The van der Waals surface area contributed by atoms with Crippen LogP contribution < -0.4 is 14.8 Å². The van der Waals surface area contributed by atoms with Gasteiger partial charge < -0.3 is 50.4 Å². The topological polar surface area (TPSA) is 185 Å². The molecule has 0 amide bonds. The van der Waals surface area contributed by atoms with Gasteiger partial charge in [-0.15, -0.1) is 0 Å². The summed E-state index contributed by atoms with van der Waals surface area (Å²) in [6.07, 6.45) is 13.7. The van der Waals surface area contributed by atoms with Gasteiger partial charge in [0, 0.05) is 64.9 Å². The van der Waals surface area contributed by atoms with Gasteiger partial charge in [0.1, 0.15) is 11.9 Å². The maximum atomic E-state index is 18.1. The number of aromatic amines is 1. The van der Waals surface area contributed by atoms with Gasteiger partial charge in [-0.05, 0) is 222 Å². The Morgan fingerprint density at radius 2 is 1.50 bits per heavy atom. The third-order valence-electron chi connectivity index (χ3n) is 23.2. The first-order valence-corrected chi connectivity index (χ1v) is 40.0. The van der Waals surface area contributed by atoms with Gasteiger partial charge >= 0.3 is 0 Å². The van der Waals surface area contributed by atoms with Crippen LogP contribution in [0.3, 0.4) is 0 Å². The number of aromatic nitrogens is 1. The number of piperidine rings is 1. The Hall–Kier alpha value is -6.01. The molecule has 3 aliphatic carbocycles. The number of nitrogens with one attached hydrogen (secondary N) is 2. The minimum atomic E-state index is -1.78. The highest BCUT2D eigenvalue weighted by molar-refractivity contribution is 8.77. The second kappa shape index (κ2) is 29.4. The van der Waals surface area contributed by atoms with Gasteiger partial charge in [-0.1, -0.05) is 166 Å². The van der Waals surface area contributed by atoms with Crippen LogP contribution in [0.5, 0.6) is 28.7 Å². The Morgan fingerprint density at radius 1 is 0.698 bits per heavy atom. The second-order valence-electron chi connectivity index (χ2n) is 28.4. The predicted octanol–water partition coefficient (Wildman–Crippen LogP) is 16.1. The molecule has 14 rings (SSSR count). The van der Waals surface area contributed by atoms with Crippen LogP contribution in [0.15, 0.2) is 152 Å². The standard InChI is InChI=1S/C81H92N2O9S4/c1-3-51-24-25-52-19-11-21-64-73(45-84)96-95-47-60-39-74(88)81(68-48-94-93-46-58-18-9-10-23-71(58)92-72-38-57(68)27-28-69(72)86,79(90)76(60)77(89)59(35-50-30-33-82-44-50)37-55-26-29-70(87)78(91-2)66(55)43-65(51)75(52)64)62-40-61(41-63(85)42-62)80-31-12-20-56(67(80)22-13-32-83-80)36-54-17-8-7-16-53(54)34-49-14-5-4-6-15-49/h4-8,11,14-17,19,21,24-30,33,38,40-42,44,56,58-60,67-68,71,73-74,76-77,82-89H,3,9-10,12-13,18,20,22-23,31-32,34-37,39,43,45-48H2,1-2H3. The van der Waals surface area contributed by atoms with Crippen LogP contribution in [0.1, 0.15) is 149 Å². The van der Waals surface area contributed by atoms with Crippen LogP contribution in [-0.4, -0.2) is 97.2 Å². The van der Waals surface area contributed by atoms with Crippen LogP contribution in [0.2, 0.25) is 0 Å². The minimum Gasteiger partial charge on any atom is -0.508 e. The van der Waals surface area contributed by atoms with Crippen molar-refractivity contribution in [2.45, 2.75) is 150 Å². The number of aliphatic hydroxyl groups excluding tert-OH is 3. The number of aliphatic hydroxyl groups is 3. The van der Waals surface area contributed by atoms with Gasteiger partial charge in [-0.2, -0.15) is 0 Å². The van der Waals surface area contributed by atoms with Crippen LogP contribution in [0, 0.1) is 35.5 Å². The molecule has 15 heteroatoms. The lowest BCUT2D eigenvalue weighted by Gasteiger charge is -2.54. The number of ketones is 1. The van der Waals surface area contributed by atoms with E-state index in [0.717, 1.165) is 145 Å². The third-order valence-corrected chi connectivity index (χ3v) is 28.5. The summed E-state index contributed by atoms with van der Waals surface area (Å²) in [7, 11) is 8.23. The van der Waals surface area contributed by atoms with Gasteiger partial charge in [-0.3, -0.25) is 4.79 Å². The molecular weight excluding hydrogens is 1270 g/mol. The molecule has 1 saturated heterocycles. The fourth-order valence-corrected chi connectivity index (χ4v) is 24.3. The zero-order valence-electron chi connectivity index (χ0n) is 55.2. The van der Waals surface area contributed by atoms with E-state index in [1.165, 1.54) is 16.7 Å². The molecule has 4 fully saturated rings. The molecule has 8 N–H and O–H groups in total. The van der Waals surface area contributed by atoms with Gasteiger partial charge in [0.15, 0.2) is 28.8 Å². The van der Waals surface area contributed by atoms with Crippen LogP contribution >= 0.6 is 43.2 Å². The summed E-state index contributed by atoms with van der Waals surface area (Å²) in [6, 6.07) is 47.3. The number of aromatic hydroxyl groups is 3. The lowest BCUT2D eigenvalue weighted by Crippen LogP contribution is -2.63. The maximum absolute atomic E-state index is 18.1. The van der Waals surface area contributed by atoms with E-state index in [-0.39, 0.29) is 54.0 Å². The average molecular weight is 1370 g/mol. The fraction of sp³-hybridized carbons (Fsp3) is 0.444. The molecule has 3 aliphatic heterocycles. The second-order valence-corrected chi connectivity index (χ2v) is 33.6. The fourth-order valence-electron chi connectivity index (χ4n) is 18.5. The molecule has 1 aromatic heterocycles. The van der Waals surface area contributed by atoms with Crippen molar-refractivity contribution in [3.63, 3.8) is 0 Å². The van der Waals surface area contributed by atoms with Crippen LogP contribution in [0.25, 0.3) is 10.8 Å². The van der Waals surface area contributed by atoms with Crippen molar-refractivity contribution >= 4 is 59.7 Å². The van der Waals surface area contributed by atoms with E-state index in [4.69, 9.17) is 9.47 Å². The summed E-state index contributed by atoms with van der Waals surface area (Å²) in [6.45, 7) is 2.78. The van der Waals surface area contributed by atoms with E-state index < -0.39 is 52.1 Å². The largest absolute Gasteiger partial charge is 0.508 e. The Kier molecular flexibility index (Phi) is 20.6. The molecule has 0 spiro atoms. The highest BCUT2D eigenvalue weighted by atomic mass is 33.1. The van der Waals surface area contributed by atoms with E-state index in [1.807, 2.05) is 48.8 Å². The van der Waals surface area contributed by atoms with Gasteiger partial charge in [-0.25, -0.2) is 0 Å². The zero-order chi connectivity index (χ0) is 66.1. The number of fused-ring (bicyclic) bond motifs is 6. The van der Waals surface area contributed by atoms with Crippen molar-refractivity contribution in [3.05, 3.63) is 219 Å². The first-order chi connectivity index (χ1) is 46.9. The van der Waals surface area contributed by atoms with E-state index >= 15 is 4.79 Å². The molecular formula is C81H92N2O9S4. The average Bonchev–Trinajstić information content (AvgIpc) is 0.721. The summed E-state index contributed by atoms with van der Waals surface area (Å²) in [5.74, 6) is -0.182. The van der Waals surface area contributed by atoms with Crippen molar-refractivity contribution in [3.8, 4) is 28.7 Å². The maximum Gasteiger partial charge on any atom is 0.164 e. The van der Waals surface area contributed by atoms with E-state index in [0.29, 0.717) is 53.7 Å². The van der Waals surface area contributed by atoms with Gasteiger partial charge in [0.25, 0.3) is 0 Å². The van der Waals surface area contributed by atoms with Gasteiger partial charge in [0.05, 0.1) is 36.6 Å². The summed E-state index contributed by atoms with van der Waals surface area (Å²) >= 11 is 0. The number of carbonyl (C=O) groups is 1. The number of methoxy groups -OCH3 is 1. The molecule has 504 valence electrons. The smallest absolute Gasteiger partial charge is 0.164 e. The molecule has 7 aromatic carbocycles. The third kappa shape index (κ3) is 13.0. The van der Waals surface area contributed by atoms with Crippen molar-refractivity contribution in [1.29, 1.82) is 0 Å². The van der Waals surface area contributed by atoms with E-state index in [1.54, 1.807) is 68.5 Å². The molecule has 4 heterocycles. The molecule has 3 saturated carbocycles. The van der Waals surface area contributed by atoms with Crippen molar-refractivity contribution in [1.82, 2.24) is 10.3 Å². The number of phenolic OH excluding ortho intramolecular Hbond substituents is 3. The first kappa shape index (κ1) is 67.2. The molecule has 13 unspecified atom stereocenters. The molecule has 11 nitrogen and oxygen atoms in total. The number of ether oxygens (including phenoxy) is 2. The molecule has 6 aliphatic rings.